The zero-order chi connectivity index (χ0) is 19.9. The Morgan fingerprint density at radius 2 is 1.79 bits per heavy atom. The second-order valence-electron chi connectivity index (χ2n) is 10.8. The Labute approximate surface area is 167 Å². The third kappa shape index (κ3) is 2.36. The number of aliphatic hydroxyl groups excluding tert-OH is 1. The molecule has 0 radical (unpaired) electrons. The van der Waals surface area contributed by atoms with E-state index in [0.717, 1.165) is 32.1 Å². The predicted molar refractivity (Wildman–Crippen MR) is 102 cm³/mol. The quantitative estimate of drug-likeness (QED) is 0.745. The predicted octanol–water partition coefficient (Wildman–Crippen LogP) is 3.13. The molecule has 0 bridgehead atoms. The normalized spacial score (nSPS) is 52.2. The van der Waals surface area contributed by atoms with E-state index in [4.69, 9.17) is 9.47 Å². The van der Waals surface area contributed by atoms with Crippen LogP contribution >= 0.6 is 0 Å². The van der Waals surface area contributed by atoms with E-state index >= 15 is 0 Å². The molecule has 5 aliphatic rings. The molecule has 1 aliphatic heterocycles. The largest absolute Gasteiger partial charge is 0.393 e. The lowest BCUT2D eigenvalue weighted by atomic mass is 9.43. The summed E-state index contributed by atoms with van der Waals surface area (Å²) in [5, 5.41) is 11.4. The Bertz CT molecular complexity index is 697. The van der Waals surface area contributed by atoms with Crippen LogP contribution in [0.3, 0.4) is 0 Å². The summed E-state index contributed by atoms with van der Waals surface area (Å²) in [4.78, 5) is 25.8. The molecule has 8 atom stereocenters. The molecule has 5 nitrogen and oxygen atoms in total. The number of rotatable bonds is 1. The van der Waals surface area contributed by atoms with Crippen LogP contribution in [0.5, 0.6) is 0 Å². The summed E-state index contributed by atoms with van der Waals surface area (Å²) in [5.74, 6) is 0.807. The molecule has 1 heterocycles. The van der Waals surface area contributed by atoms with Crippen LogP contribution in [0.2, 0.25) is 0 Å². The van der Waals surface area contributed by atoms with Gasteiger partial charge in [-0.1, -0.05) is 13.8 Å². The van der Waals surface area contributed by atoms with E-state index in [2.05, 4.69) is 13.8 Å². The van der Waals surface area contributed by atoms with Crippen LogP contribution in [0.4, 0.5) is 0 Å². The second-order valence-corrected chi connectivity index (χ2v) is 10.8. The Kier molecular flexibility index (Phi) is 4.19. The maximum atomic E-state index is 13.5. The molecule has 156 valence electrons. The number of ketones is 2. The Morgan fingerprint density at radius 1 is 1.07 bits per heavy atom. The summed E-state index contributed by atoms with van der Waals surface area (Å²) in [6.45, 7) is 7.18. The van der Waals surface area contributed by atoms with Gasteiger partial charge in [0.25, 0.3) is 0 Å². The SMILES string of the molecule is CC(=O)[C@H]1CC[C@@H]2[C@H]3CC[C@H]4CC5(CC(=O)[C@]4(C)[C@@H]3[C@@H](O)C[C@]12C)OCCO5. The summed E-state index contributed by atoms with van der Waals surface area (Å²) in [6, 6.07) is 0. The van der Waals surface area contributed by atoms with Crippen molar-refractivity contribution in [2.75, 3.05) is 13.2 Å². The molecule has 4 saturated carbocycles. The average Bonchev–Trinajstić information content (AvgIpc) is 3.20. The Hall–Kier alpha value is -0.780. The van der Waals surface area contributed by atoms with Crippen LogP contribution in [0.15, 0.2) is 0 Å². The fourth-order valence-corrected chi connectivity index (χ4v) is 8.56. The van der Waals surface area contributed by atoms with Crippen LogP contribution in [0.1, 0.15) is 65.7 Å². The van der Waals surface area contributed by atoms with E-state index in [1.165, 1.54) is 0 Å². The zero-order valence-corrected chi connectivity index (χ0v) is 17.4. The summed E-state index contributed by atoms with van der Waals surface area (Å²) in [7, 11) is 0. The highest BCUT2D eigenvalue weighted by Crippen LogP contribution is 2.67. The van der Waals surface area contributed by atoms with E-state index in [9.17, 15) is 14.7 Å². The second kappa shape index (κ2) is 6.12. The van der Waals surface area contributed by atoms with Crippen molar-refractivity contribution in [2.24, 2.45) is 40.4 Å². The lowest BCUT2D eigenvalue weighted by Crippen LogP contribution is -2.64. The van der Waals surface area contributed by atoms with Crippen LogP contribution in [-0.4, -0.2) is 41.8 Å². The Morgan fingerprint density at radius 3 is 2.46 bits per heavy atom. The minimum absolute atomic E-state index is 0.00119. The minimum atomic E-state index is -0.713. The number of carbonyl (C=O) groups is 2. The zero-order valence-electron chi connectivity index (χ0n) is 17.4. The maximum Gasteiger partial charge on any atom is 0.175 e. The number of carbonyl (C=O) groups excluding carboxylic acids is 2. The van der Waals surface area contributed by atoms with Gasteiger partial charge in [-0.2, -0.15) is 0 Å². The van der Waals surface area contributed by atoms with Gasteiger partial charge in [0.05, 0.1) is 25.7 Å². The molecular weight excluding hydrogens is 356 g/mol. The first-order chi connectivity index (χ1) is 13.2. The van der Waals surface area contributed by atoms with Gasteiger partial charge in [0.15, 0.2) is 5.79 Å². The fourth-order valence-electron chi connectivity index (χ4n) is 8.56. The van der Waals surface area contributed by atoms with Gasteiger partial charge in [-0.3, -0.25) is 9.59 Å². The topological polar surface area (TPSA) is 72.8 Å². The number of aliphatic hydroxyl groups is 1. The highest BCUT2D eigenvalue weighted by atomic mass is 16.7. The standard InChI is InChI=1S/C23H34O5/c1-13(24)16-6-7-17-15-5-4-14-10-23(27-8-9-28-23)12-19(26)22(14,3)20(15)18(25)11-21(16,17)2/h14-18,20,25H,4-12H2,1-3H3/t14-,15+,16+,17+,18-,20-,21+,22+/m0/s1. The fraction of sp³-hybridized carbons (Fsp3) is 0.913. The number of ether oxygens (including phenoxy) is 2. The van der Waals surface area contributed by atoms with Crippen molar-refractivity contribution in [2.45, 2.75) is 77.6 Å². The summed E-state index contributed by atoms with van der Waals surface area (Å²) in [6.07, 6.45) is 5.24. The van der Waals surface area contributed by atoms with Crippen LogP contribution in [-0.2, 0) is 19.1 Å². The molecule has 0 unspecified atom stereocenters. The van der Waals surface area contributed by atoms with Crippen molar-refractivity contribution in [1.82, 2.24) is 0 Å². The molecule has 0 aromatic carbocycles. The monoisotopic (exact) mass is 390 g/mol. The molecule has 28 heavy (non-hydrogen) atoms. The molecule has 1 saturated heterocycles. The summed E-state index contributed by atoms with van der Waals surface area (Å²) >= 11 is 0. The molecular formula is C23H34O5. The van der Waals surface area contributed by atoms with Gasteiger partial charge in [0.1, 0.15) is 11.6 Å². The lowest BCUT2D eigenvalue weighted by molar-refractivity contribution is -0.231. The molecule has 5 fully saturated rings. The van der Waals surface area contributed by atoms with Crippen LogP contribution in [0, 0.1) is 40.4 Å². The van der Waals surface area contributed by atoms with E-state index in [0.29, 0.717) is 37.9 Å². The molecule has 4 aliphatic carbocycles. The maximum absolute atomic E-state index is 13.5. The van der Waals surface area contributed by atoms with Gasteiger partial charge >= 0.3 is 0 Å². The Balaban J connectivity index is 1.49. The van der Waals surface area contributed by atoms with E-state index in [1.54, 1.807) is 6.92 Å². The van der Waals surface area contributed by atoms with Crippen molar-refractivity contribution in [3.8, 4) is 0 Å². The smallest absolute Gasteiger partial charge is 0.175 e. The van der Waals surface area contributed by atoms with Crippen molar-refractivity contribution in [1.29, 1.82) is 0 Å². The van der Waals surface area contributed by atoms with E-state index < -0.39 is 17.3 Å². The molecule has 5 heteroatoms. The van der Waals surface area contributed by atoms with Gasteiger partial charge in [0.2, 0.25) is 0 Å². The van der Waals surface area contributed by atoms with Gasteiger partial charge in [0, 0.05) is 23.7 Å². The molecule has 5 rings (SSSR count). The number of hydrogen-bond acceptors (Lipinski definition) is 5. The molecule has 1 N–H and O–H groups in total. The van der Waals surface area contributed by atoms with E-state index in [1.807, 2.05) is 0 Å². The molecule has 1 spiro atoms. The lowest BCUT2D eigenvalue weighted by Gasteiger charge is -2.62. The average molecular weight is 391 g/mol. The van der Waals surface area contributed by atoms with Crippen molar-refractivity contribution >= 4 is 11.6 Å². The third-order valence-corrected chi connectivity index (χ3v) is 9.73. The highest BCUT2D eigenvalue weighted by Gasteiger charge is 2.67. The van der Waals surface area contributed by atoms with Gasteiger partial charge < -0.3 is 14.6 Å². The first-order valence-corrected chi connectivity index (χ1v) is 11.2. The first kappa shape index (κ1) is 19.2. The molecule has 0 aromatic heterocycles. The summed E-state index contributed by atoms with van der Waals surface area (Å²) < 4.78 is 11.8. The molecule has 0 aromatic rings. The van der Waals surface area contributed by atoms with Crippen molar-refractivity contribution in [3.05, 3.63) is 0 Å². The highest BCUT2D eigenvalue weighted by molar-refractivity contribution is 5.87. The van der Waals surface area contributed by atoms with Crippen molar-refractivity contribution < 1.29 is 24.2 Å². The van der Waals surface area contributed by atoms with Gasteiger partial charge in [-0.15, -0.1) is 0 Å². The van der Waals surface area contributed by atoms with Gasteiger partial charge in [-0.25, -0.2) is 0 Å². The van der Waals surface area contributed by atoms with Crippen LogP contribution in [0.25, 0.3) is 0 Å². The van der Waals surface area contributed by atoms with Crippen molar-refractivity contribution in [3.63, 3.8) is 0 Å². The van der Waals surface area contributed by atoms with Crippen LogP contribution < -0.4 is 0 Å². The number of hydrogen-bond donors (Lipinski definition) is 1. The summed E-state index contributed by atoms with van der Waals surface area (Å²) in [5.41, 5.74) is -0.620. The molecule has 0 amide bonds. The number of fused-ring (bicyclic) bond motifs is 5. The minimum Gasteiger partial charge on any atom is -0.393 e. The first-order valence-electron chi connectivity index (χ1n) is 11.2. The third-order valence-electron chi connectivity index (χ3n) is 9.73. The van der Waals surface area contributed by atoms with E-state index in [-0.39, 0.29) is 34.7 Å². The number of Topliss-reactive ketones (excluding diaryl/α,β-unsaturated/α-hetero) is 2. The van der Waals surface area contributed by atoms with Gasteiger partial charge in [-0.05, 0) is 62.2 Å².